The number of sulfonamides is 1. The van der Waals surface area contributed by atoms with E-state index in [9.17, 15) is 13.7 Å². The van der Waals surface area contributed by atoms with E-state index in [2.05, 4.69) is 29.8 Å². The summed E-state index contributed by atoms with van der Waals surface area (Å²) < 4.78 is 32.9. The van der Waals surface area contributed by atoms with Gasteiger partial charge in [-0.2, -0.15) is 14.6 Å². The van der Waals surface area contributed by atoms with Gasteiger partial charge in [0, 0.05) is 31.7 Å². The molecule has 0 spiro atoms. The highest BCUT2D eigenvalue weighted by molar-refractivity contribution is 7.89. The molecule has 2 aromatic rings. The third-order valence-electron chi connectivity index (χ3n) is 5.68. The number of hydrogen-bond donors (Lipinski definition) is 0. The summed E-state index contributed by atoms with van der Waals surface area (Å²) in [4.78, 5) is 6.73. The lowest BCUT2D eigenvalue weighted by Crippen LogP contribution is -2.38. The monoisotopic (exact) mass is 414 g/mol. The zero-order chi connectivity index (χ0) is 20.6. The highest BCUT2D eigenvalue weighted by Crippen LogP contribution is 2.33. The van der Waals surface area contributed by atoms with Crippen LogP contribution in [0.25, 0.3) is 11.5 Å². The molecule has 2 aliphatic heterocycles. The second-order valence-electron chi connectivity index (χ2n) is 8.27. The van der Waals surface area contributed by atoms with Gasteiger partial charge in [0.2, 0.25) is 27.5 Å². The Hall–Kier alpha value is -2.37. The van der Waals surface area contributed by atoms with Gasteiger partial charge in [-0.15, -0.1) is 0 Å². The molecular formula is C21H26N4O3S. The average Bonchev–Trinajstić information content (AvgIpc) is 3.37. The number of aromatic nitrogens is 1. The van der Waals surface area contributed by atoms with E-state index in [1.807, 2.05) is 0 Å². The Labute approximate surface area is 172 Å². The zero-order valence-corrected chi connectivity index (χ0v) is 17.7. The molecule has 1 aromatic carbocycles. The summed E-state index contributed by atoms with van der Waals surface area (Å²) in [7, 11) is -3.45. The molecular weight excluding hydrogens is 388 g/mol. The van der Waals surface area contributed by atoms with Crippen LogP contribution in [0.3, 0.4) is 0 Å². The van der Waals surface area contributed by atoms with Crippen LogP contribution in [0.4, 0.5) is 5.88 Å². The number of piperidine rings is 1. The van der Waals surface area contributed by atoms with Crippen molar-refractivity contribution in [3.8, 4) is 17.5 Å². The van der Waals surface area contributed by atoms with Crippen molar-refractivity contribution in [1.82, 2.24) is 9.29 Å². The summed E-state index contributed by atoms with van der Waals surface area (Å²) in [6.07, 6.45) is 2.97. The predicted octanol–water partition coefficient (Wildman–Crippen LogP) is 3.48. The Morgan fingerprint density at radius 3 is 2.31 bits per heavy atom. The van der Waals surface area contributed by atoms with Gasteiger partial charge in [0.1, 0.15) is 6.07 Å². The molecule has 2 fully saturated rings. The van der Waals surface area contributed by atoms with Crippen LogP contribution in [0.5, 0.6) is 0 Å². The van der Waals surface area contributed by atoms with Crippen molar-refractivity contribution in [2.75, 3.05) is 31.1 Å². The largest absolute Gasteiger partial charge is 0.419 e. The maximum absolute atomic E-state index is 12.7. The molecule has 8 heteroatoms. The number of anilines is 1. The summed E-state index contributed by atoms with van der Waals surface area (Å²) in [5.74, 6) is 1.89. The lowest BCUT2D eigenvalue weighted by molar-refractivity contribution is 0.344. The molecule has 4 rings (SSSR count). The van der Waals surface area contributed by atoms with Crippen LogP contribution in [0.15, 0.2) is 33.6 Å². The fraction of sp³-hybridized carbons (Fsp3) is 0.524. The van der Waals surface area contributed by atoms with Crippen molar-refractivity contribution in [3.05, 3.63) is 30.0 Å². The minimum Gasteiger partial charge on any atom is -0.419 e. The van der Waals surface area contributed by atoms with Gasteiger partial charge in [-0.25, -0.2) is 8.42 Å². The van der Waals surface area contributed by atoms with Gasteiger partial charge >= 0.3 is 0 Å². The first-order chi connectivity index (χ1) is 13.9. The third kappa shape index (κ3) is 3.89. The molecule has 154 valence electrons. The molecule has 0 amide bonds. The van der Waals surface area contributed by atoms with E-state index >= 15 is 0 Å². The number of benzene rings is 1. The molecule has 29 heavy (non-hydrogen) atoms. The molecule has 0 aliphatic carbocycles. The molecule has 1 aromatic heterocycles. The minimum atomic E-state index is -3.45. The van der Waals surface area contributed by atoms with E-state index < -0.39 is 10.0 Å². The molecule has 2 aliphatic rings. The van der Waals surface area contributed by atoms with Crippen LogP contribution in [0.2, 0.25) is 0 Å². The van der Waals surface area contributed by atoms with Crippen LogP contribution in [0, 0.1) is 23.2 Å². The highest BCUT2D eigenvalue weighted by Gasteiger charge is 2.29. The Morgan fingerprint density at radius 2 is 1.72 bits per heavy atom. The first-order valence-corrected chi connectivity index (χ1v) is 11.6. The molecule has 2 atom stereocenters. The standard InChI is InChI=1S/C21H26N4O3S/c1-15-11-16(2)14-24(13-15)21-19(12-22)23-20(28-21)17-5-7-18(8-6-17)29(26,27)25-9-3-4-10-25/h5-8,15-16H,3-4,9-11,13-14H2,1-2H3/t15-,16+. The van der Waals surface area contributed by atoms with Crippen molar-refractivity contribution in [1.29, 1.82) is 5.26 Å². The lowest BCUT2D eigenvalue weighted by Gasteiger charge is -2.34. The van der Waals surface area contributed by atoms with Gasteiger partial charge in [-0.3, -0.25) is 0 Å². The summed E-state index contributed by atoms with van der Waals surface area (Å²) >= 11 is 0. The molecule has 7 nitrogen and oxygen atoms in total. The van der Waals surface area contributed by atoms with E-state index in [4.69, 9.17) is 4.42 Å². The van der Waals surface area contributed by atoms with E-state index in [0.29, 0.717) is 42.3 Å². The van der Waals surface area contributed by atoms with E-state index in [-0.39, 0.29) is 10.6 Å². The molecule has 0 radical (unpaired) electrons. The molecule has 0 N–H and O–H groups in total. The Morgan fingerprint density at radius 1 is 1.10 bits per heavy atom. The van der Waals surface area contributed by atoms with E-state index in [1.165, 1.54) is 4.31 Å². The first kappa shape index (κ1) is 19.9. The molecule has 0 unspecified atom stereocenters. The lowest BCUT2D eigenvalue weighted by atomic mass is 9.92. The van der Waals surface area contributed by atoms with Crippen LogP contribution in [0.1, 0.15) is 38.8 Å². The van der Waals surface area contributed by atoms with Crippen molar-refractivity contribution >= 4 is 15.9 Å². The van der Waals surface area contributed by atoms with Gasteiger partial charge in [0.25, 0.3) is 0 Å². The Bertz CT molecular complexity index is 1010. The number of oxazole rings is 1. The number of nitrogens with zero attached hydrogens (tertiary/aromatic N) is 4. The topological polar surface area (TPSA) is 90.4 Å². The highest BCUT2D eigenvalue weighted by atomic mass is 32.2. The van der Waals surface area contributed by atoms with Crippen molar-refractivity contribution in [2.45, 2.75) is 38.0 Å². The van der Waals surface area contributed by atoms with Crippen LogP contribution in [-0.4, -0.2) is 43.9 Å². The normalized spacial score (nSPS) is 23.3. The van der Waals surface area contributed by atoms with Crippen LogP contribution < -0.4 is 4.90 Å². The van der Waals surface area contributed by atoms with Crippen LogP contribution in [-0.2, 0) is 10.0 Å². The van der Waals surface area contributed by atoms with Gasteiger partial charge in [-0.05, 0) is 55.4 Å². The second-order valence-corrected chi connectivity index (χ2v) is 10.2. The summed E-state index contributed by atoms with van der Waals surface area (Å²) in [6.45, 7) is 7.22. The van der Waals surface area contributed by atoms with E-state index in [1.54, 1.807) is 24.3 Å². The maximum Gasteiger partial charge on any atom is 0.243 e. The SMILES string of the molecule is C[C@@H]1C[C@H](C)CN(c2oc(-c3ccc(S(=O)(=O)N4CCCC4)cc3)nc2C#N)C1. The van der Waals surface area contributed by atoms with Gasteiger partial charge in [-0.1, -0.05) is 13.8 Å². The Balaban J connectivity index is 1.61. The molecule has 0 saturated carbocycles. The molecule has 0 bridgehead atoms. The first-order valence-electron chi connectivity index (χ1n) is 10.1. The molecule has 3 heterocycles. The fourth-order valence-corrected chi connectivity index (χ4v) is 5.92. The third-order valence-corrected chi connectivity index (χ3v) is 7.59. The fourth-order valence-electron chi connectivity index (χ4n) is 4.40. The Kier molecular flexibility index (Phi) is 5.36. The van der Waals surface area contributed by atoms with Gasteiger partial charge < -0.3 is 9.32 Å². The summed E-state index contributed by atoms with van der Waals surface area (Å²) in [6, 6.07) is 8.70. The smallest absolute Gasteiger partial charge is 0.243 e. The van der Waals surface area contributed by atoms with Crippen molar-refractivity contribution in [3.63, 3.8) is 0 Å². The van der Waals surface area contributed by atoms with Gasteiger partial charge in [0.05, 0.1) is 4.90 Å². The quantitative estimate of drug-likeness (QED) is 0.761. The van der Waals surface area contributed by atoms with Crippen LogP contribution >= 0.6 is 0 Å². The van der Waals surface area contributed by atoms with Gasteiger partial charge in [0.15, 0.2) is 0 Å². The molecule has 2 saturated heterocycles. The maximum atomic E-state index is 12.7. The predicted molar refractivity (Wildman–Crippen MR) is 110 cm³/mol. The van der Waals surface area contributed by atoms with Crippen molar-refractivity contribution in [2.24, 2.45) is 11.8 Å². The number of hydrogen-bond acceptors (Lipinski definition) is 6. The minimum absolute atomic E-state index is 0.272. The number of nitriles is 1. The average molecular weight is 415 g/mol. The van der Waals surface area contributed by atoms with Crippen molar-refractivity contribution < 1.29 is 12.8 Å². The van der Waals surface area contributed by atoms with E-state index in [0.717, 1.165) is 32.4 Å². The summed E-state index contributed by atoms with van der Waals surface area (Å²) in [5.41, 5.74) is 0.932. The second kappa shape index (κ2) is 7.81. The summed E-state index contributed by atoms with van der Waals surface area (Å²) in [5, 5.41) is 9.53. The zero-order valence-electron chi connectivity index (χ0n) is 16.8. The number of rotatable bonds is 4.